The van der Waals surface area contributed by atoms with E-state index in [-0.39, 0.29) is 19.3 Å². The molecule has 0 radical (unpaired) electrons. The molecule has 0 saturated heterocycles. The van der Waals surface area contributed by atoms with Gasteiger partial charge in [0.05, 0.1) is 0 Å². The molecule has 2 atom stereocenters. The van der Waals surface area contributed by atoms with Crippen molar-refractivity contribution in [1.82, 2.24) is 0 Å². The lowest BCUT2D eigenvalue weighted by Crippen LogP contribution is -2.37. The Kier molecular flexibility index (Phi) is 5.01. The standard InChI is InChI=1S/C7H14N2O4/c8-4(1-2-6(10)11)3-5(9)7(12)13/h4-5H,1-3,8-9H2,(H,10,11)(H,12,13)/t4?,5-/m1/s1. The third-order valence-corrected chi connectivity index (χ3v) is 1.60. The average molecular weight is 190 g/mol. The maximum absolute atomic E-state index is 10.3. The zero-order chi connectivity index (χ0) is 10.4. The summed E-state index contributed by atoms with van der Waals surface area (Å²) in [5.41, 5.74) is 10.7. The van der Waals surface area contributed by atoms with Crippen LogP contribution in [0, 0.1) is 0 Å². The van der Waals surface area contributed by atoms with Gasteiger partial charge in [-0.05, 0) is 12.8 Å². The monoisotopic (exact) mass is 190 g/mol. The lowest BCUT2D eigenvalue weighted by atomic mass is 10.0. The number of rotatable bonds is 6. The van der Waals surface area contributed by atoms with Gasteiger partial charge in [0.1, 0.15) is 6.04 Å². The molecule has 0 spiro atoms. The predicted molar refractivity (Wildman–Crippen MR) is 45.1 cm³/mol. The molecule has 13 heavy (non-hydrogen) atoms. The van der Waals surface area contributed by atoms with Crippen LogP contribution < -0.4 is 11.5 Å². The topological polar surface area (TPSA) is 127 Å². The predicted octanol–water partition coefficient (Wildman–Crippen LogP) is -1.02. The van der Waals surface area contributed by atoms with E-state index >= 15 is 0 Å². The van der Waals surface area contributed by atoms with Crippen LogP contribution in [0.2, 0.25) is 0 Å². The van der Waals surface area contributed by atoms with Gasteiger partial charge in [-0.25, -0.2) is 0 Å². The van der Waals surface area contributed by atoms with Crippen LogP contribution in [0.3, 0.4) is 0 Å². The normalized spacial score (nSPS) is 14.9. The van der Waals surface area contributed by atoms with Gasteiger partial charge in [0.2, 0.25) is 0 Å². The van der Waals surface area contributed by atoms with Gasteiger partial charge < -0.3 is 21.7 Å². The number of aliphatic carboxylic acids is 2. The maximum Gasteiger partial charge on any atom is 0.320 e. The minimum atomic E-state index is -1.12. The van der Waals surface area contributed by atoms with E-state index in [2.05, 4.69) is 0 Å². The Morgan fingerprint density at radius 3 is 2.15 bits per heavy atom. The number of hydrogen-bond acceptors (Lipinski definition) is 4. The minimum Gasteiger partial charge on any atom is -0.481 e. The van der Waals surface area contributed by atoms with Gasteiger partial charge in [0, 0.05) is 12.5 Å². The molecule has 0 rings (SSSR count). The largest absolute Gasteiger partial charge is 0.481 e. The molecule has 0 heterocycles. The summed E-state index contributed by atoms with van der Waals surface area (Å²) in [7, 11) is 0. The number of carboxylic acids is 2. The Morgan fingerprint density at radius 1 is 1.23 bits per heavy atom. The van der Waals surface area contributed by atoms with Crippen LogP contribution in [-0.4, -0.2) is 34.2 Å². The quantitative estimate of drug-likeness (QED) is 0.424. The number of hydrogen-bond donors (Lipinski definition) is 4. The molecule has 0 saturated carbocycles. The van der Waals surface area contributed by atoms with Crippen molar-refractivity contribution in [3.63, 3.8) is 0 Å². The smallest absolute Gasteiger partial charge is 0.320 e. The van der Waals surface area contributed by atoms with Crippen LogP contribution in [0.5, 0.6) is 0 Å². The Balaban J connectivity index is 3.67. The van der Waals surface area contributed by atoms with E-state index in [1.54, 1.807) is 0 Å². The molecule has 6 nitrogen and oxygen atoms in total. The van der Waals surface area contributed by atoms with E-state index in [0.717, 1.165) is 0 Å². The van der Waals surface area contributed by atoms with E-state index < -0.39 is 24.0 Å². The number of nitrogens with two attached hydrogens (primary N) is 2. The summed E-state index contributed by atoms with van der Waals surface area (Å²) in [6.07, 6.45) is 0.284. The molecular formula is C7H14N2O4. The van der Waals surface area contributed by atoms with Gasteiger partial charge in [-0.1, -0.05) is 0 Å². The summed E-state index contributed by atoms with van der Waals surface area (Å²) in [5.74, 6) is -2.06. The molecule has 0 aliphatic carbocycles. The third-order valence-electron chi connectivity index (χ3n) is 1.60. The van der Waals surface area contributed by atoms with Crippen molar-refractivity contribution in [2.75, 3.05) is 0 Å². The molecule has 0 bridgehead atoms. The first-order valence-corrected chi connectivity index (χ1v) is 3.89. The maximum atomic E-state index is 10.3. The molecule has 0 amide bonds. The molecule has 1 unspecified atom stereocenters. The summed E-state index contributed by atoms with van der Waals surface area (Å²) in [5, 5.41) is 16.7. The molecule has 0 aromatic rings. The van der Waals surface area contributed by atoms with Crippen molar-refractivity contribution in [1.29, 1.82) is 0 Å². The summed E-state index contributed by atoms with van der Waals surface area (Å²) >= 11 is 0. The van der Waals surface area contributed by atoms with Crippen molar-refractivity contribution < 1.29 is 19.8 Å². The lowest BCUT2D eigenvalue weighted by molar-refractivity contribution is -0.138. The molecule has 0 aliphatic heterocycles. The summed E-state index contributed by atoms with van der Waals surface area (Å²) < 4.78 is 0. The average Bonchev–Trinajstić information content (AvgIpc) is 2.00. The zero-order valence-corrected chi connectivity index (χ0v) is 7.14. The van der Waals surface area contributed by atoms with E-state index in [9.17, 15) is 9.59 Å². The van der Waals surface area contributed by atoms with Gasteiger partial charge in [-0.3, -0.25) is 9.59 Å². The highest BCUT2D eigenvalue weighted by molar-refractivity contribution is 5.73. The Bertz CT molecular complexity index is 195. The highest BCUT2D eigenvalue weighted by atomic mass is 16.4. The first kappa shape index (κ1) is 11.9. The molecule has 0 aromatic heterocycles. The van der Waals surface area contributed by atoms with Crippen molar-refractivity contribution >= 4 is 11.9 Å². The van der Waals surface area contributed by atoms with Gasteiger partial charge in [0.25, 0.3) is 0 Å². The van der Waals surface area contributed by atoms with Crippen LogP contribution in [0.15, 0.2) is 0 Å². The summed E-state index contributed by atoms with van der Waals surface area (Å²) in [4.78, 5) is 20.4. The second kappa shape index (κ2) is 5.50. The Morgan fingerprint density at radius 2 is 1.77 bits per heavy atom. The van der Waals surface area contributed by atoms with Gasteiger partial charge >= 0.3 is 11.9 Å². The molecule has 76 valence electrons. The van der Waals surface area contributed by atoms with E-state index in [4.69, 9.17) is 21.7 Å². The van der Waals surface area contributed by atoms with Crippen molar-refractivity contribution in [3.8, 4) is 0 Å². The Hall–Kier alpha value is -1.14. The van der Waals surface area contributed by atoms with E-state index in [1.165, 1.54) is 0 Å². The molecule has 0 fully saturated rings. The fourth-order valence-corrected chi connectivity index (χ4v) is 0.854. The van der Waals surface area contributed by atoms with Crippen LogP contribution in [0.25, 0.3) is 0 Å². The molecule has 0 aliphatic rings. The number of carbonyl (C=O) groups is 2. The molecule has 6 heteroatoms. The fourth-order valence-electron chi connectivity index (χ4n) is 0.854. The highest BCUT2D eigenvalue weighted by Crippen LogP contribution is 2.01. The lowest BCUT2D eigenvalue weighted by Gasteiger charge is -2.12. The van der Waals surface area contributed by atoms with Gasteiger partial charge in [-0.2, -0.15) is 0 Å². The molecule has 0 aromatic carbocycles. The first-order valence-electron chi connectivity index (χ1n) is 3.89. The molecule has 6 N–H and O–H groups in total. The van der Waals surface area contributed by atoms with E-state index in [0.29, 0.717) is 0 Å². The van der Waals surface area contributed by atoms with Crippen molar-refractivity contribution in [3.05, 3.63) is 0 Å². The summed E-state index contributed by atoms with van der Waals surface area (Å²) in [6, 6.07) is -1.48. The fraction of sp³-hybridized carbons (Fsp3) is 0.714. The molecular weight excluding hydrogens is 176 g/mol. The van der Waals surface area contributed by atoms with Crippen LogP contribution in [0.1, 0.15) is 19.3 Å². The Labute approximate surface area is 75.5 Å². The first-order chi connectivity index (χ1) is 5.93. The van der Waals surface area contributed by atoms with Crippen molar-refractivity contribution in [2.24, 2.45) is 11.5 Å². The van der Waals surface area contributed by atoms with Crippen molar-refractivity contribution in [2.45, 2.75) is 31.3 Å². The van der Waals surface area contributed by atoms with Crippen LogP contribution >= 0.6 is 0 Å². The zero-order valence-electron chi connectivity index (χ0n) is 7.14. The van der Waals surface area contributed by atoms with Gasteiger partial charge in [-0.15, -0.1) is 0 Å². The van der Waals surface area contributed by atoms with Crippen LogP contribution in [-0.2, 0) is 9.59 Å². The second-order valence-corrected chi connectivity index (χ2v) is 2.87. The van der Waals surface area contributed by atoms with Crippen LogP contribution in [0.4, 0.5) is 0 Å². The minimum absolute atomic E-state index is 0.0620. The SMILES string of the molecule is NC(CCC(=O)O)C[C@@H](N)C(=O)O. The van der Waals surface area contributed by atoms with Gasteiger partial charge in [0.15, 0.2) is 0 Å². The highest BCUT2D eigenvalue weighted by Gasteiger charge is 2.16. The second-order valence-electron chi connectivity index (χ2n) is 2.87. The number of carboxylic acid groups (broad SMARTS) is 2. The third kappa shape index (κ3) is 6.06. The summed E-state index contributed by atoms with van der Waals surface area (Å²) in [6.45, 7) is 0. The van der Waals surface area contributed by atoms with E-state index in [1.807, 2.05) is 0 Å².